The number of rotatable bonds is 1. The van der Waals surface area contributed by atoms with E-state index < -0.39 is 0 Å². The minimum absolute atomic E-state index is 0.937. The van der Waals surface area contributed by atoms with Crippen molar-refractivity contribution < 1.29 is 0 Å². The van der Waals surface area contributed by atoms with E-state index in [0.29, 0.717) is 0 Å². The maximum Gasteiger partial charge on any atom is 0.113 e. The molecule has 21 heavy (non-hydrogen) atoms. The number of hydrogen-bond donors (Lipinski definition) is 1. The monoisotopic (exact) mass is 297 g/mol. The van der Waals surface area contributed by atoms with Crippen molar-refractivity contribution in [2.45, 2.75) is 4.90 Å². The molecule has 1 fully saturated rings. The zero-order valence-electron chi connectivity index (χ0n) is 11.5. The molecule has 4 heterocycles. The van der Waals surface area contributed by atoms with Crippen molar-refractivity contribution in [2.75, 3.05) is 26.2 Å². The van der Waals surface area contributed by atoms with Gasteiger partial charge in [-0.25, -0.2) is 0 Å². The Balaban J connectivity index is 2.02. The highest BCUT2D eigenvalue weighted by Crippen LogP contribution is 2.29. The van der Waals surface area contributed by atoms with E-state index in [9.17, 15) is 0 Å². The number of thioether (sulfide) groups is 1. The van der Waals surface area contributed by atoms with Gasteiger partial charge in [0.25, 0.3) is 0 Å². The molecule has 0 radical (unpaired) electrons. The van der Waals surface area contributed by atoms with Crippen molar-refractivity contribution >= 4 is 22.9 Å². The van der Waals surface area contributed by atoms with Crippen LogP contribution in [-0.2, 0) is 0 Å². The molecule has 2 aromatic rings. The lowest BCUT2D eigenvalue weighted by atomic mass is 10.1. The Morgan fingerprint density at radius 3 is 2.86 bits per heavy atom. The third kappa shape index (κ3) is 2.30. The second-order valence-corrected chi connectivity index (χ2v) is 5.89. The van der Waals surface area contributed by atoms with E-state index in [4.69, 9.17) is 0 Å². The third-order valence-electron chi connectivity index (χ3n) is 3.72. The van der Waals surface area contributed by atoms with Crippen molar-refractivity contribution in [3.63, 3.8) is 0 Å². The first-order valence-corrected chi connectivity index (χ1v) is 7.90. The van der Waals surface area contributed by atoms with Gasteiger partial charge in [-0.15, -0.1) is 0 Å². The second-order valence-electron chi connectivity index (χ2n) is 4.98. The summed E-state index contributed by atoms with van der Waals surface area (Å²) in [4.78, 5) is 16.9. The van der Waals surface area contributed by atoms with Crippen molar-refractivity contribution in [1.82, 2.24) is 25.2 Å². The number of nitrogens with one attached hydrogen (secondary N) is 1. The van der Waals surface area contributed by atoms with Crippen LogP contribution in [0.1, 0.15) is 5.56 Å². The predicted octanol–water partition coefficient (Wildman–Crippen LogP) is -0.223. The van der Waals surface area contributed by atoms with Crippen LogP contribution in [0.15, 0.2) is 35.7 Å². The lowest BCUT2D eigenvalue weighted by Crippen LogP contribution is -2.46. The van der Waals surface area contributed by atoms with Crippen molar-refractivity contribution in [2.24, 2.45) is 0 Å². The molecule has 2 aliphatic rings. The third-order valence-corrected chi connectivity index (χ3v) is 4.64. The zero-order chi connectivity index (χ0) is 14.1. The fraction of sp³-hybridized carbons (Fsp3) is 0.267. The second kappa shape index (κ2) is 5.46. The fourth-order valence-electron chi connectivity index (χ4n) is 2.74. The van der Waals surface area contributed by atoms with E-state index in [-0.39, 0.29) is 0 Å². The molecule has 5 nitrogen and oxygen atoms in total. The SMILES string of the molecule is C1=c2nccnc2=C(N2CCNCC2)c2ccncc2S1. The van der Waals surface area contributed by atoms with Crippen LogP contribution in [0.3, 0.4) is 0 Å². The Hall–Kier alpha value is -1.92. The number of pyridine rings is 1. The number of hydrogen-bond acceptors (Lipinski definition) is 6. The highest BCUT2D eigenvalue weighted by atomic mass is 32.2. The number of piperazine rings is 1. The number of nitrogens with zero attached hydrogens (tertiary/aromatic N) is 4. The van der Waals surface area contributed by atoms with Crippen LogP contribution in [-0.4, -0.2) is 46.0 Å². The van der Waals surface area contributed by atoms with Gasteiger partial charge in [0, 0.05) is 66.8 Å². The van der Waals surface area contributed by atoms with Gasteiger partial charge in [0.1, 0.15) is 5.35 Å². The molecule has 106 valence electrons. The molecule has 2 aromatic heterocycles. The van der Waals surface area contributed by atoms with Gasteiger partial charge < -0.3 is 10.2 Å². The Bertz CT molecular complexity index is 783. The van der Waals surface area contributed by atoms with Crippen LogP contribution >= 0.6 is 11.8 Å². The standard InChI is InChI=1S/C15H15N5S/c1-2-17-9-13-11(1)15(20-7-5-16-6-8-20)14-12(10-21-13)18-3-4-19-14/h1-4,9-10,16H,5-8H2. The van der Waals surface area contributed by atoms with Gasteiger partial charge in [-0.1, -0.05) is 11.8 Å². The van der Waals surface area contributed by atoms with Crippen LogP contribution in [0.5, 0.6) is 0 Å². The number of fused-ring (bicyclic) bond motifs is 2. The number of aromatic nitrogens is 3. The van der Waals surface area contributed by atoms with Gasteiger partial charge in [-0.05, 0) is 6.07 Å². The zero-order valence-corrected chi connectivity index (χ0v) is 12.3. The molecular formula is C15H15N5S. The van der Waals surface area contributed by atoms with Crippen molar-refractivity contribution in [3.8, 4) is 0 Å². The van der Waals surface area contributed by atoms with Crippen LogP contribution in [0, 0.1) is 0 Å². The molecule has 0 aliphatic carbocycles. The molecule has 0 bridgehead atoms. The molecule has 0 unspecified atom stereocenters. The smallest absolute Gasteiger partial charge is 0.113 e. The molecule has 6 heteroatoms. The van der Waals surface area contributed by atoms with Crippen LogP contribution in [0.25, 0.3) is 11.1 Å². The summed E-state index contributed by atoms with van der Waals surface area (Å²) in [5.74, 6) is 0. The molecule has 0 atom stereocenters. The highest BCUT2D eigenvalue weighted by Gasteiger charge is 2.20. The summed E-state index contributed by atoms with van der Waals surface area (Å²) in [6.45, 7) is 3.96. The molecule has 0 aromatic carbocycles. The van der Waals surface area contributed by atoms with Gasteiger partial charge in [-0.3, -0.25) is 15.0 Å². The van der Waals surface area contributed by atoms with E-state index in [1.54, 1.807) is 24.2 Å². The van der Waals surface area contributed by atoms with E-state index in [0.717, 1.165) is 41.8 Å². The first-order valence-electron chi connectivity index (χ1n) is 7.02. The van der Waals surface area contributed by atoms with Crippen molar-refractivity contribution in [1.29, 1.82) is 0 Å². The summed E-state index contributed by atoms with van der Waals surface area (Å²) in [5, 5.41) is 7.38. The topological polar surface area (TPSA) is 53.9 Å². The summed E-state index contributed by atoms with van der Waals surface area (Å²) in [5.41, 5.74) is 2.38. The van der Waals surface area contributed by atoms with E-state index in [1.165, 1.54) is 11.3 Å². The highest BCUT2D eigenvalue weighted by molar-refractivity contribution is 8.06. The minimum Gasteiger partial charge on any atom is -0.367 e. The minimum atomic E-state index is 0.937. The maximum absolute atomic E-state index is 4.61. The maximum atomic E-state index is 4.61. The lowest BCUT2D eigenvalue weighted by molar-refractivity contribution is 0.338. The molecule has 4 rings (SSSR count). The summed E-state index contributed by atoms with van der Waals surface area (Å²) < 4.78 is 0. The van der Waals surface area contributed by atoms with E-state index in [1.807, 2.05) is 12.4 Å². The first-order chi connectivity index (χ1) is 10.4. The lowest BCUT2D eigenvalue weighted by Gasteiger charge is -2.31. The summed E-state index contributed by atoms with van der Waals surface area (Å²) in [6.07, 6.45) is 7.29. The molecule has 2 aliphatic heterocycles. The van der Waals surface area contributed by atoms with Gasteiger partial charge in [0.15, 0.2) is 0 Å². The van der Waals surface area contributed by atoms with Crippen LogP contribution < -0.4 is 16.0 Å². The molecular weight excluding hydrogens is 282 g/mol. The van der Waals surface area contributed by atoms with Gasteiger partial charge in [0.05, 0.1) is 11.0 Å². The normalized spacial score (nSPS) is 17.5. The summed E-state index contributed by atoms with van der Waals surface area (Å²) in [6, 6.07) is 2.08. The molecule has 0 saturated carbocycles. The predicted molar refractivity (Wildman–Crippen MR) is 82.8 cm³/mol. The van der Waals surface area contributed by atoms with Crippen LogP contribution in [0.4, 0.5) is 0 Å². The Kier molecular flexibility index (Phi) is 3.33. The van der Waals surface area contributed by atoms with E-state index in [2.05, 4.69) is 36.6 Å². The van der Waals surface area contributed by atoms with Gasteiger partial charge in [0.2, 0.25) is 0 Å². The molecule has 0 amide bonds. The molecule has 0 spiro atoms. The average molecular weight is 297 g/mol. The average Bonchev–Trinajstić information content (AvgIpc) is 2.72. The summed E-state index contributed by atoms with van der Waals surface area (Å²) >= 11 is 1.67. The first kappa shape index (κ1) is 12.8. The quantitative estimate of drug-likeness (QED) is 0.785. The Morgan fingerprint density at radius 2 is 1.95 bits per heavy atom. The summed E-state index contributed by atoms with van der Waals surface area (Å²) in [7, 11) is 0. The van der Waals surface area contributed by atoms with Gasteiger partial charge >= 0.3 is 0 Å². The van der Waals surface area contributed by atoms with E-state index >= 15 is 0 Å². The van der Waals surface area contributed by atoms with Gasteiger partial charge in [-0.2, -0.15) is 0 Å². The largest absolute Gasteiger partial charge is 0.367 e. The van der Waals surface area contributed by atoms with Crippen molar-refractivity contribution in [3.05, 3.63) is 47.1 Å². The Morgan fingerprint density at radius 1 is 1.10 bits per heavy atom. The Labute approximate surface area is 126 Å². The van der Waals surface area contributed by atoms with Crippen LogP contribution in [0.2, 0.25) is 0 Å². The molecule has 1 saturated heterocycles. The molecule has 1 N–H and O–H groups in total. The fourth-order valence-corrected chi connectivity index (χ4v) is 3.57.